The topological polar surface area (TPSA) is 29.9 Å². The maximum Gasteiger partial charge on any atom is 0.0537 e. The van der Waals surface area contributed by atoms with Crippen LogP contribution in [0.2, 0.25) is 0 Å². The zero-order valence-electron chi connectivity index (χ0n) is 8.83. The second-order valence-corrected chi connectivity index (χ2v) is 3.43. The molecule has 1 rings (SSSR count). The van der Waals surface area contributed by atoms with Crippen LogP contribution in [0.3, 0.4) is 0 Å². The molecule has 0 fully saturated rings. The summed E-state index contributed by atoms with van der Waals surface area (Å²) in [4.78, 5) is 0. The van der Waals surface area contributed by atoms with Crippen molar-refractivity contribution in [1.29, 1.82) is 0 Å². The Hall–Kier alpha value is -1.27. The van der Waals surface area contributed by atoms with Gasteiger partial charge in [0.15, 0.2) is 0 Å². The fourth-order valence-electron chi connectivity index (χ4n) is 1.29. The number of aromatic nitrogens is 2. The minimum Gasteiger partial charge on any atom is -0.310 e. The van der Waals surface area contributed by atoms with Gasteiger partial charge < -0.3 is 5.32 Å². The summed E-state index contributed by atoms with van der Waals surface area (Å²) in [6.45, 7) is 3.09. The molecule has 3 nitrogen and oxygen atoms in total. The summed E-state index contributed by atoms with van der Waals surface area (Å²) in [6.07, 6.45) is 11.0. The molecule has 0 aromatic carbocycles. The number of hydrogen-bond donors (Lipinski definition) is 1. The van der Waals surface area contributed by atoms with Crippen molar-refractivity contribution >= 4 is 0 Å². The summed E-state index contributed by atoms with van der Waals surface area (Å²) in [5.41, 5.74) is 1.22. The first-order chi connectivity index (χ1) is 6.74. The zero-order valence-corrected chi connectivity index (χ0v) is 8.83. The number of unbranched alkanes of at least 4 members (excludes halogenated alkanes) is 1. The molecule has 1 atom stereocenters. The van der Waals surface area contributed by atoms with Crippen LogP contribution in [0.4, 0.5) is 0 Å². The van der Waals surface area contributed by atoms with Crippen LogP contribution < -0.4 is 5.32 Å². The van der Waals surface area contributed by atoms with E-state index in [1.807, 2.05) is 24.1 Å². The van der Waals surface area contributed by atoms with E-state index in [0.717, 1.165) is 19.4 Å². The van der Waals surface area contributed by atoms with E-state index in [9.17, 15) is 0 Å². The molecule has 1 aromatic heterocycles. The molecule has 1 N–H and O–H groups in total. The van der Waals surface area contributed by atoms with E-state index in [1.165, 1.54) is 5.56 Å². The smallest absolute Gasteiger partial charge is 0.0537 e. The SMILES string of the molecule is C#CCCCNC(C)c1cnn(C)c1. The molecule has 0 radical (unpaired) electrons. The molecule has 0 aliphatic heterocycles. The van der Waals surface area contributed by atoms with Crippen molar-refractivity contribution in [2.24, 2.45) is 7.05 Å². The number of hydrogen-bond acceptors (Lipinski definition) is 2. The predicted molar refractivity (Wildman–Crippen MR) is 57.7 cm³/mol. The summed E-state index contributed by atoms with van der Waals surface area (Å²) >= 11 is 0. The van der Waals surface area contributed by atoms with Gasteiger partial charge in [0.1, 0.15) is 0 Å². The first-order valence-electron chi connectivity index (χ1n) is 4.89. The van der Waals surface area contributed by atoms with Crippen LogP contribution in [-0.2, 0) is 7.05 Å². The van der Waals surface area contributed by atoms with Crippen LogP contribution in [0.15, 0.2) is 12.4 Å². The maximum atomic E-state index is 5.17. The lowest BCUT2D eigenvalue weighted by molar-refractivity contribution is 0.562. The van der Waals surface area contributed by atoms with Gasteiger partial charge in [-0.15, -0.1) is 12.3 Å². The third-order valence-corrected chi connectivity index (χ3v) is 2.17. The number of nitrogens with zero attached hydrogens (tertiary/aromatic N) is 2. The Morgan fingerprint density at radius 1 is 1.71 bits per heavy atom. The molecule has 0 aliphatic rings. The van der Waals surface area contributed by atoms with Crippen LogP contribution in [-0.4, -0.2) is 16.3 Å². The van der Waals surface area contributed by atoms with Gasteiger partial charge in [-0.3, -0.25) is 4.68 Å². The average Bonchev–Trinajstić information content (AvgIpc) is 2.59. The quantitative estimate of drug-likeness (QED) is 0.564. The molecule has 0 bridgehead atoms. The first-order valence-corrected chi connectivity index (χ1v) is 4.89. The van der Waals surface area contributed by atoms with Crippen molar-refractivity contribution in [2.75, 3.05) is 6.54 Å². The number of terminal acetylenes is 1. The molecular weight excluding hydrogens is 174 g/mol. The monoisotopic (exact) mass is 191 g/mol. The second-order valence-electron chi connectivity index (χ2n) is 3.43. The molecular formula is C11H17N3. The normalized spacial score (nSPS) is 12.4. The van der Waals surface area contributed by atoms with Gasteiger partial charge in [-0.05, 0) is 19.9 Å². The Morgan fingerprint density at radius 3 is 3.07 bits per heavy atom. The van der Waals surface area contributed by atoms with E-state index in [0.29, 0.717) is 6.04 Å². The number of aryl methyl sites for hydroxylation is 1. The largest absolute Gasteiger partial charge is 0.310 e. The van der Waals surface area contributed by atoms with E-state index >= 15 is 0 Å². The van der Waals surface area contributed by atoms with E-state index in [-0.39, 0.29) is 0 Å². The molecule has 14 heavy (non-hydrogen) atoms. The van der Waals surface area contributed by atoms with Crippen LogP contribution in [0.25, 0.3) is 0 Å². The molecule has 0 saturated carbocycles. The van der Waals surface area contributed by atoms with Crippen LogP contribution in [0.1, 0.15) is 31.4 Å². The second kappa shape index (κ2) is 5.46. The molecule has 0 spiro atoms. The van der Waals surface area contributed by atoms with Gasteiger partial charge in [0.2, 0.25) is 0 Å². The average molecular weight is 191 g/mol. The minimum absolute atomic E-state index is 0.349. The van der Waals surface area contributed by atoms with E-state index in [1.54, 1.807) is 0 Å². The molecule has 0 saturated heterocycles. The Labute approximate surface area is 85.5 Å². The van der Waals surface area contributed by atoms with Crippen LogP contribution in [0.5, 0.6) is 0 Å². The van der Waals surface area contributed by atoms with Gasteiger partial charge in [0, 0.05) is 31.3 Å². The van der Waals surface area contributed by atoms with Gasteiger partial charge >= 0.3 is 0 Å². The summed E-state index contributed by atoms with van der Waals surface area (Å²) in [5.74, 6) is 2.63. The fraction of sp³-hybridized carbons (Fsp3) is 0.545. The first kappa shape index (κ1) is 10.8. The van der Waals surface area contributed by atoms with Gasteiger partial charge in [-0.2, -0.15) is 5.10 Å². The highest BCUT2D eigenvalue weighted by Crippen LogP contribution is 2.09. The van der Waals surface area contributed by atoms with Gasteiger partial charge in [0.05, 0.1) is 6.20 Å². The van der Waals surface area contributed by atoms with Gasteiger partial charge in [-0.25, -0.2) is 0 Å². The summed E-state index contributed by atoms with van der Waals surface area (Å²) in [6, 6.07) is 0.349. The standard InChI is InChI=1S/C11H17N3/c1-4-5-6-7-12-10(2)11-8-13-14(3)9-11/h1,8-10,12H,5-7H2,2-3H3. The third-order valence-electron chi connectivity index (χ3n) is 2.17. The Bertz CT molecular complexity index is 309. The lowest BCUT2D eigenvalue weighted by Gasteiger charge is -2.10. The number of nitrogens with one attached hydrogen (secondary N) is 1. The highest BCUT2D eigenvalue weighted by molar-refractivity contribution is 5.08. The van der Waals surface area contributed by atoms with E-state index in [2.05, 4.69) is 23.3 Å². The lowest BCUT2D eigenvalue weighted by atomic mass is 10.2. The van der Waals surface area contributed by atoms with Crippen LogP contribution in [0, 0.1) is 12.3 Å². The van der Waals surface area contributed by atoms with E-state index in [4.69, 9.17) is 6.42 Å². The molecule has 0 amide bonds. The molecule has 1 unspecified atom stereocenters. The minimum atomic E-state index is 0.349. The van der Waals surface area contributed by atoms with Gasteiger partial charge in [-0.1, -0.05) is 0 Å². The van der Waals surface area contributed by atoms with Crippen molar-refractivity contribution in [3.05, 3.63) is 18.0 Å². The van der Waals surface area contributed by atoms with Crippen molar-refractivity contribution in [3.8, 4) is 12.3 Å². The van der Waals surface area contributed by atoms with Crippen molar-refractivity contribution in [2.45, 2.75) is 25.8 Å². The molecule has 1 heterocycles. The summed E-state index contributed by atoms with van der Waals surface area (Å²) < 4.78 is 1.81. The van der Waals surface area contributed by atoms with Gasteiger partial charge in [0.25, 0.3) is 0 Å². The lowest BCUT2D eigenvalue weighted by Crippen LogP contribution is -2.19. The highest BCUT2D eigenvalue weighted by Gasteiger charge is 2.05. The Balaban J connectivity index is 2.29. The third kappa shape index (κ3) is 3.23. The van der Waals surface area contributed by atoms with Crippen molar-refractivity contribution in [3.63, 3.8) is 0 Å². The number of rotatable bonds is 5. The molecule has 0 aliphatic carbocycles. The fourth-order valence-corrected chi connectivity index (χ4v) is 1.29. The Morgan fingerprint density at radius 2 is 2.50 bits per heavy atom. The van der Waals surface area contributed by atoms with Crippen LogP contribution >= 0.6 is 0 Å². The van der Waals surface area contributed by atoms with Crippen molar-refractivity contribution in [1.82, 2.24) is 15.1 Å². The van der Waals surface area contributed by atoms with E-state index < -0.39 is 0 Å². The highest BCUT2D eigenvalue weighted by atomic mass is 15.2. The molecule has 3 heteroatoms. The zero-order chi connectivity index (χ0) is 10.4. The summed E-state index contributed by atoms with van der Waals surface area (Å²) in [5, 5.41) is 7.52. The predicted octanol–water partition coefficient (Wildman–Crippen LogP) is 1.48. The maximum absolute atomic E-state index is 5.17. The summed E-state index contributed by atoms with van der Waals surface area (Å²) in [7, 11) is 1.93. The Kier molecular flexibility index (Phi) is 4.21. The van der Waals surface area contributed by atoms with Crippen molar-refractivity contribution < 1.29 is 0 Å². The molecule has 76 valence electrons. The molecule has 1 aromatic rings.